The van der Waals surface area contributed by atoms with Gasteiger partial charge in [-0.05, 0) is 70.8 Å². The van der Waals surface area contributed by atoms with Crippen LogP contribution in [0.15, 0.2) is 94.0 Å². The van der Waals surface area contributed by atoms with E-state index in [0.717, 1.165) is 60.0 Å². The quantitative estimate of drug-likeness (QED) is 0.195. The van der Waals surface area contributed by atoms with Crippen molar-refractivity contribution >= 4 is 43.4 Å². The number of fused-ring (bicyclic) bond motifs is 7. The first-order valence-electron chi connectivity index (χ1n) is 13.9. The summed E-state index contributed by atoms with van der Waals surface area (Å²) in [7, 11) is 0. The average Bonchev–Trinajstić information content (AvgIpc) is 3.75. The Bertz CT molecular complexity index is 1770. The second kappa shape index (κ2) is 9.29. The predicted molar refractivity (Wildman–Crippen MR) is 157 cm³/mol. The van der Waals surface area contributed by atoms with E-state index in [1.807, 2.05) is 0 Å². The van der Waals surface area contributed by atoms with Gasteiger partial charge in [0.1, 0.15) is 11.5 Å². The van der Waals surface area contributed by atoms with Gasteiger partial charge in [-0.25, -0.2) is 0 Å². The van der Waals surface area contributed by atoms with Gasteiger partial charge in [0.15, 0.2) is 0 Å². The van der Waals surface area contributed by atoms with Gasteiger partial charge in [-0.3, -0.25) is 9.13 Å². The van der Waals surface area contributed by atoms with Crippen molar-refractivity contribution < 1.29 is 8.83 Å². The fourth-order valence-electron chi connectivity index (χ4n) is 5.82. The van der Waals surface area contributed by atoms with Gasteiger partial charge in [-0.2, -0.15) is 0 Å². The Morgan fingerprint density at radius 3 is 1.34 bits per heavy atom. The van der Waals surface area contributed by atoms with Crippen molar-refractivity contribution in [3.8, 4) is 11.8 Å². The molecule has 4 nitrogen and oxygen atoms in total. The number of rotatable bonds is 8. The van der Waals surface area contributed by atoms with Gasteiger partial charge in [0.25, 0.3) is 0 Å². The monoisotopic (exact) mass is 500 g/mol. The fraction of sp³-hybridized carbons (Fsp3) is 0.235. The summed E-state index contributed by atoms with van der Waals surface area (Å²) in [6, 6.07) is 26.3. The smallest absolute Gasteiger partial charge is 0.204 e. The molecule has 0 radical (unpaired) electrons. The molecule has 38 heavy (non-hydrogen) atoms. The molecule has 0 saturated heterocycles. The fourth-order valence-corrected chi connectivity index (χ4v) is 5.82. The molecule has 0 N–H and O–H groups in total. The van der Waals surface area contributed by atoms with Crippen LogP contribution < -0.4 is 0 Å². The maximum Gasteiger partial charge on any atom is 0.204 e. The second-order valence-corrected chi connectivity index (χ2v) is 10.3. The largest absolute Gasteiger partial charge is 0.445 e. The summed E-state index contributed by atoms with van der Waals surface area (Å²) in [6.07, 6.45) is 10.9. The molecular weight excluding hydrogens is 468 g/mol. The predicted octanol–water partition coefficient (Wildman–Crippen LogP) is 9.75. The van der Waals surface area contributed by atoms with E-state index in [-0.39, 0.29) is 0 Å². The zero-order chi connectivity index (χ0) is 25.6. The first-order valence-corrected chi connectivity index (χ1v) is 13.9. The lowest BCUT2D eigenvalue weighted by molar-refractivity contribution is 0.484. The van der Waals surface area contributed by atoms with Crippen molar-refractivity contribution in [3.05, 3.63) is 96.7 Å². The molecule has 3 aromatic carbocycles. The first kappa shape index (κ1) is 23.0. The van der Waals surface area contributed by atoms with E-state index in [0.29, 0.717) is 0 Å². The molecular formula is C34H32N2O2. The third-order valence-electron chi connectivity index (χ3n) is 7.86. The lowest BCUT2D eigenvalue weighted by Gasteiger charge is -2.09. The molecule has 0 fully saturated rings. The Morgan fingerprint density at radius 1 is 0.474 bits per heavy atom. The number of unbranched alkanes of at least 4 members (excludes halogenated alkanes) is 2. The van der Waals surface area contributed by atoms with Crippen LogP contribution in [0.1, 0.15) is 51.1 Å². The number of furan rings is 2. The number of hydrogen-bond donors (Lipinski definition) is 0. The molecule has 0 amide bonds. The van der Waals surface area contributed by atoms with Crippen LogP contribution in [-0.4, -0.2) is 9.13 Å². The minimum absolute atomic E-state index is 0.880. The van der Waals surface area contributed by atoms with E-state index in [1.165, 1.54) is 45.2 Å². The lowest BCUT2D eigenvalue weighted by Crippen LogP contribution is -1.90. The van der Waals surface area contributed by atoms with Crippen molar-refractivity contribution in [1.29, 1.82) is 0 Å². The highest BCUT2D eigenvalue weighted by molar-refractivity contribution is 6.21. The van der Waals surface area contributed by atoms with Crippen molar-refractivity contribution in [2.75, 3.05) is 0 Å². The molecule has 4 heterocycles. The van der Waals surface area contributed by atoms with Gasteiger partial charge in [0.2, 0.25) is 11.8 Å². The third-order valence-corrected chi connectivity index (χ3v) is 7.86. The first-order chi connectivity index (χ1) is 18.7. The van der Waals surface area contributed by atoms with Crippen LogP contribution in [0, 0.1) is 0 Å². The van der Waals surface area contributed by atoms with Crippen molar-refractivity contribution in [2.24, 2.45) is 0 Å². The molecule has 0 aliphatic heterocycles. The highest BCUT2D eigenvalue weighted by atomic mass is 16.4. The number of hydrogen-bond acceptors (Lipinski definition) is 2. The molecule has 4 heteroatoms. The highest BCUT2D eigenvalue weighted by Crippen LogP contribution is 2.37. The van der Waals surface area contributed by atoms with Crippen LogP contribution in [0.25, 0.3) is 55.1 Å². The van der Waals surface area contributed by atoms with E-state index in [1.54, 1.807) is 0 Å². The molecule has 0 saturated carbocycles. The number of aryl methyl sites for hydroxylation is 2. The van der Waals surface area contributed by atoms with E-state index in [9.17, 15) is 0 Å². The zero-order valence-electron chi connectivity index (χ0n) is 22.0. The topological polar surface area (TPSA) is 36.1 Å². The summed E-state index contributed by atoms with van der Waals surface area (Å²) in [5.41, 5.74) is 2.33. The Hall–Kier alpha value is -4.18. The van der Waals surface area contributed by atoms with Crippen LogP contribution in [-0.2, 0) is 12.8 Å². The molecule has 4 aromatic heterocycles. The van der Waals surface area contributed by atoms with Gasteiger partial charge >= 0.3 is 0 Å². The van der Waals surface area contributed by atoms with Crippen molar-refractivity contribution in [2.45, 2.75) is 52.4 Å². The number of benzene rings is 3. The molecule has 0 aliphatic carbocycles. The average molecular weight is 501 g/mol. The molecule has 0 unspecified atom stereocenters. The van der Waals surface area contributed by atoms with Crippen LogP contribution in [0.3, 0.4) is 0 Å². The minimum atomic E-state index is 0.880. The van der Waals surface area contributed by atoms with Crippen LogP contribution in [0.2, 0.25) is 0 Å². The summed E-state index contributed by atoms with van der Waals surface area (Å²) in [6.45, 7) is 4.42. The van der Waals surface area contributed by atoms with E-state index >= 15 is 0 Å². The Balaban J connectivity index is 1.31. The van der Waals surface area contributed by atoms with Gasteiger partial charge in [-0.1, -0.05) is 51.0 Å². The maximum absolute atomic E-state index is 6.18. The normalized spacial score (nSPS) is 12.1. The van der Waals surface area contributed by atoms with Gasteiger partial charge in [-0.15, -0.1) is 0 Å². The summed E-state index contributed by atoms with van der Waals surface area (Å²) < 4.78 is 16.7. The number of aromatic nitrogens is 2. The summed E-state index contributed by atoms with van der Waals surface area (Å²) in [5.74, 6) is 3.87. The van der Waals surface area contributed by atoms with Crippen LogP contribution in [0.4, 0.5) is 0 Å². The van der Waals surface area contributed by atoms with Crippen molar-refractivity contribution in [1.82, 2.24) is 9.13 Å². The second-order valence-electron chi connectivity index (χ2n) is 10.3. The summed E-state index contributed by atoms with van der Waals surface area (Å²) in [4.78, 5) is 0. The van der Waals surface area contributed by atoms with E-state index in [2.05, 4.69) is 108 Å². The number of nitrogens with zero attached hydrogens (tertiary/aromatic N) is 2. The lowest BCUT2D eigenvalue weighted by atomic mass is 9.98. The van der Waals surface area contributed by atoms with Crippen LogP contribution >= 0.6 is 0 Å². The molecule has 0 aliphatic rings. The van der Waals surface area contributed by atoms with Gasteiger partial charge in [0.05, 0.1) is 11.0 Å². The van der Waals surface area contributed by atoms with Gasteiger partial charge in [0, 0.05) is 48.1 Å². The van der Waals surface area contributed by atoms with E-state index < -0.39 is 0 Å². The van der Waals surface area contributed by atoms with E-state index in [4.69, 9.17) is 8.83 Å². The van der Waals surface area contributed by atoms with Crippen molar-refractivity contribution in [3.63, 3.8) is 0 Å². The van der Waals surface area contributed by atoms with Crippen LogP contribution in [0.5, 0.6) is 0 Å². The molecule has 7 aromatic rings. The SMILES string of the molecule is CCCCc1ccc(-n2ccc3c4ccc5c(ccc6c5ccn6-c5ccc(CCCC)o5)c4ccc32)o1. The Kier molecular flexibility index (Phi) is 5.61. The third kappa shape index (κ3) is 3.66. The zero-order valence-corrected chi connectivity index (χ0v) is 22.0. The summed E-state index contributed by atoms with van der Waals surface area (Å²) >= 11 is 0. The Labute approximate surface area is 222 Å². The molecule has 0 atom stereocenters. The molecule has 0 spiro atoms. The molecule has 7 rings (SSSR count). The molecule has 0 bridgehead atoms. The maximum atomic E-state index is 6.18. The Morgan fingerprint density at radius 2 is 0.895 bits per heavy atom. The highest BCUT2D eigenvalue weighted by Gasteiger charge is 2.14. The summed E-state index contributed by atoms with van der Waals surface area (Å²) in [5, 5.41) is 7.54. The van der Waals surface area contributed by atoms with Gasteiger partial charge < -0.3 is 8.83 Å². The standard InChI is InChI=1S/C34H32N2O2/c1-3-5-7-23-9-17-33(37-23)35-21-19-29-27-11-12-28-26(25(27)13-15-31(29)35)14-16-32-30(28)20-22-36(32)34-18-10-24(38-34)8-6-4-2/h9-22H,3-8H2,1-2H3. The minimum Gasteiger partial charge on any atom is -0.445 e. The molecule has 190 valence electrons.